The van der Waals surface area contributed by atoms with Crippen LogP contribution in [0.25, 0.3) is 0 Å². The standard InChI is InChI=1S/C29H47NO2Si2/c1-28(2,3)33(7,8)31-26(21-24-17-13-11-14-18-24)27(32-34(9,10)29(4,5)6)23-30-22-25-19-15-12-16-20-25/h11-20,23,26-27H,21-22H2,1-10H3/t26-,27-/m0/s1. The minimum absolute atomic E-state index is 0.0862. The van der Waals surface area contributed by atoms with Crippen molar-refractivity contribution in [2.45, 2.75) is 103 Å². The summed E-state index contributed by atoms with van der Waals surface area (Å²) in [6, 6.07) is 21.1. The summed E-state index contributed by atoms with van der Waals surface area (Å²) in [5.74, 6) is 0. The molecular weight excluding hydrogens is 450 g/mol. The third-order valence-electron chi connectivity index (χ3n) is 7.50. The molecule has 0 saturated heterocycles. The Morgan fingerprint density at radius 3 is 1.62 bits per heavy atom. The molecule has 5 heteroatoms. The van der Waals surface area contributed by atoms with Crippen molar-refractivity contribution in [3.05, 3.63) is 71.8 Å². The van der Waals surface area contributed by atoms with E-state index < -0.39 is 16.6 Å². The average molecular weight is 498 g/mol. The summed E-state index contributed by atoms with van der Waals surface area (Å²) in [4.78, 5) is 4.87. The molecule has 2 aromatic rings. The summed E-state index contributed by atoms with van der Waals surface area (Å²) >= 11 is 0. The van der Waals surface area contributed by atoms with Crippen LogP contribution in [0.1, 0.15) is 52.7 Å². The molecule has 3 nitrogen and oxygen atoms in total. The van der Waals surface area contributed by atoms with Gasteiger partial charge in [0.25, 0.3) is 0 Å². The molecule has 0 aromatic heterocycles. The van der Waals surface area contributed by atoms with Crippen molar-refractivity contribution in [1.29, 1.82) is 0 Å². The number of benzene rings is 2. The van der Waals surface area contributed by atoms with Gasteiger partial charge in [0.2, 0.25) is 0 Å². The highest BCUT2D eigenvalue weighted by atomic mass is 28.4. The van der Waals surface area contributed by atoms with E-state index in [2.05, 4.69) is 122 Å². The predicted molar refractivity (Wildman–Crippen MR) is 153 cm³/mol. The van der Waals surface area contributed by atoms with Gasteiger partial charge in [-0.1, -0.05) is 102 Å². The Hall–Kier alpha value is -1.54. The lowest BCUT2D eigenvalue weighted by molar-refractivity contribution is 0.0769. The summed E-state index contributed by atoms with van der Waals surface area (Å²) in [6.45, 7) is 23.7. The molecule has 0 aliphatic carbocycles. The fourth-order valence-corrected chi connectivity index (χ4v) is 5.77. The van der Waals surface area contributed by atoms with Gasteiger partial charge >= 0.3 is 0 Å². The van der Waals surface area contributed by atoms with Crippen LogP contribution in [0.15, 0.2) is 65.7 Å². The second-order valence-electron chi connectivity index (χ2n) is 12.4. The van der Waals surface area contributed by atoms with Crippen LogP contribution in [-0.2, 0) is 21.8 Å². The molecule has 2 atom stereocenters. The number of nitrogens with zero attached hydrogens (tertiary/aromatic N) is 1. The van der Waals surface area contributed by atoms with Crippen molar-refractivity contribution in [2.24, 2.45) is 4.99 Å². The number of hydrogen-bond donors (Lipinski definition) is 0. The second kappa shape index (κ2) is 11.5. The van der Waals surface area contributed by atoms with Crippen molar-refractivity contribution >= 4 is 22.8 Å². The van der Waals surface area contributed by atoms with Gasteiger partial charge in [0.05, 0.1) is 12.6 Å². The topological polar surface area (TPSA) is 30.8 Å². The Morgan fingerprint density at radius 1 is 0.706 bits per heavy atom. The molecule has 0 radical (unpaired) electrons. The van der Waals surface area contributed by atoms with E-state index in [9.17, 15) is 0 Å². The maximum Gasteiger partial charge on any atom is 0.193 e. The second-order valence-corrected chi connectivity index (χ2v) is 21.9. The van der Waals surface area contributed by atoms with Crippen molar-refractivity contribution in [3.63, 3.8) is 0 Å². The van der Waals surface area contributed by atoms with Gasteiger partial charge in [0.1, 0.15) is 6.10 Å². The summed E-state index contributed by atoms with van der Waals surface area (Å²) in [5.41, 5.74) is 2.47. The van der Waals surface area contributed by atoms with Crippen LogP contribution in [0.5, 0.6) is 0 Å². The van der Waals surface area contributed by atoms with E-state index in [0.29, 0.717) is 6.54 Å². The molecule has 0 fully saturated rings. The van der Waals surface area contributed by atoms with Crippen molar-refractivity contribution in [2.75, 3.05) is 0 Å². The van der Waals surface area contributed by atoms with Crippen molar-refractivity contribution in [3.8, 4) is 0 Å². The Balaban J connectivity index is 2.44. The molecule has 0 spiro atoms. The van der Waals surface area contributed by atoms with Crippen LogP contribution in [0.3, 0.4) is 0 Å². The Kier molecular flexibility index (Phi) is 9.68. The zero-order chi connectivity index (χ0) is 25.6. The third kappa shape index (κ3) is 8.30. The molecule has 0 saturated carbocycles. The predicted octanol–water partition coefficient (Wildman–Crippen LogP) is 8.28. The minimum atomic E-state index is -2.05. The normalized spacial score (nSPS) is 15.5. The molecule has 0 bridgehead atoms. The lowest BCUT2D eigenvalue weighted by Crippen LogP contribution is -2.53. The highest BCUT2D eigenvalue weighted by Gasteiger charge is 2.44. The monoisotopic (exact) mass is 497 g/mol. The van der Waals surface area contributed by atoms with E-state index in [1.807, 2.05) is 12.3 Å². The molecule has 2 aromatic carbocycles. The van der Waals surface area contributed by atoms with Gasteiger partial charge in [0.15, 0.2) is 16.6 Å². The number of hydrogen-bond acceptors (Lipinski definition) is 3. The molecule has 0 heterocycles. The zero-order valence-corrected chi connectivity index (χ0v) is 25.2. The van der Waals surface area contributed by atoms with Crippen LogP contribution >= 0.6 is 0 Å². The molecule has 0 amide bonds. The molecule has 0 N–H and O–H groups in total. The maximum atomic E-state index is 7.07. The summed E-state index contributed by atoms with van der Waals surface area (Å²) in [6.07, 6.45) is 2.56. The van der Waals surface area contributed by atoms with E-state index in [0.717, 1.165) is 6.42 Å². The van der Waals surface area contributed by atoms with Gasteiger partial charge in [-0.25, -0.2) is 0 Å². The molecule has 188 valence electrons. The summed E-state index contributed by atoms with van der Waals surface area (Å²) in [5, 5.41) is 0.220. The van der Waals surface area contributed by atoms with E-state index in [4.69, 9.17) is 13.8 Å². The van der Waals surface area contributed by atoms with Crippen molar-refractivity contribution < 1.29 is 8.85 Å². The summed E-state index contributed by atoms with van der Waals surface area (Å²) in [7, 11) is -4.09. The van der Waals surface area contributed by atoms with Crippen LogP contribution in [0.4, 0.5) is 0 Å². The van der Waals surface area contributed by atoms with Gasteiger partial charge in [-0.05, 0) is 47.4 Å². The zero-order valence-electron chi connectivity index (χ0n) is 23.2. The van der Waals surface area contributed by atoms with Crippen LogP contribution in [0.2, 0.25) is 36.3 Å². The smallest absolute Gasteiger partial charge is 0.193 e. The quantitative estimate of drug-likeness (QED) is 0.244. The van der Waals surface area contributed by atoms with Crippen LogP contribution in [0, 0.1) is 0 Å². The molecule has 0 unspecified atom stereocenters. The fourth-order valence-electron chi connectivity index (χ4n) is 3.19. The van der Waals surface area contributed by atoms with E-state index >= 15 is 0 Å². The minimum Gasteiger partial charge on any atom is -0.411 e. The van der Waals surface area contributed by atoms with Gasteiger partial charge in [-0.15, -0.1) is 0 Å². The van der Waals surface area contributed by atoms with Crippen LogP contribution in [-0.4, -0.2) is 35.1 Å². The molecule has 0 aliphatic heterocycles. The average Bonchev–Trinajstić information content (AvgIpc) is 2.72. The first kappa shape index (κ1) is 28.7. The fraction of sp³-hybridized carbons (Fsp3) is 0.552. The molecule has 2 rings (SSSR count). The van der Waals surface area contributed by atoms with Gasteiger partial charge in [0, 0.05) is 12.6 Å². The maximum absolute atomic E-state index is 7.07. The van der Waals surface area contributed by atoms with Gasteiger partial charge in [-0.3, -0.25) is 4.99 Å². The van der Waals surface area contributed by atoms with E-state index in [-0.39, 0.29) is 22.3 Å². The number of rotatable bonds is 10. The first-order chi connectivity index (χ1) is 15.6. The first-order valence-corrected chi connectivity index (χ1v) is 18.4. The Morgan fingerprint density at radius 2 is 1.15 bits per heavy atom. The van der Waals surface area contributed by atoms with Gasteiger partial charge in [-0.2, -0.15) is 0 Å². The van der Waals surface area contributed by atoms with E-state index in [1.165, 1.54) is 11.1 Å². The molecule has 34 heavy (non-hydrogen) atoms. The SMILES string of the molecule is CC(C)(C)[Si](C)(C)O[C@@H](C=NCc1ccccc1)[C@H](Cc1ccccc1)O[Si](C)(C)C(C)(C)C. The highest BCUT2D eigenvalue weighted by molar-refractivity contribution is 6.74. The molecular formula is C29H47NO2Si2. The first-order valence-electron chi connectivity index (χ1n) is 12.6. The van der Waals surface area contributed by atoms with Crippen molar-refractivity contribution in [1.82, 2.24) is 0 Å². The van der Waals surface area contributed by atoms with E-state index in [1.54, 1.807) is 0 Å². The number of aliphatic imine (C=N–C) groups is 1. The lowest BCUT2D eigenvalue weighted by atomic mass is 10.0. The molecule has 0 aliphatic rings. The largest absolute Gasteiger partial charge is 0.411 e. The Labute approximate surface area is 211 Å². The highest BCUT2D eigenvalue weighted by Crippen LogP contribution is 2.40. The van der Waals surface area contributed by atoms with Crippen LogP contribution < -0.4 is 0 Å². The lowest BCUT2D eigenvalue weighted by Gasteiger charge is -2.44. The third-order valence-corrected chi connectivity index (χ3v) is 16.5. The summed E-state index contributed by atoms with van der Waals surface area (Å²) < 4.78 is 14.1. The van der Waals surface area contributed by atoms with Gasteiger partial charge < -0.3 is 8.85 Å². The Bertz CT molecular complexity index is 897.